The van der Waals surface area contributed by atoms with E-state index < -0.39 is 21.7 Å². The Kier molecular flexibility index (Phi) is 5.50. The molecule has 0 saturated heterocycles. The van der Waals surface area contributed by atoms with E-state index in [1.165, 1.54) is 36.5 Å². The molecule has 2 heterocycles. The molecule has 4 aromatic rings. The third kappa shape index (κ3) is 4.11. The number of pyridine rings is 1. The van der Waals surface area contributed by atoms with Crippen LogP contribution in [0.15, 0.2) is 77.8 Å². The molecule has 172 valence electrons. The van der Waals surface area contributed by atoms with Crippen molar-refractivity contribution in [3.05, 3.63) is 84.3 Å². The van der Waals surface area contributed by atoms with Gasteiger partial charge in [0.15, 0.2) is 11.5 Å². The summed E-state index contributed by atoms with van der Waals surface area (Å²) < 4.78 is 54.0. The number of halogens is 1. The second-order valence-electron chi connectivity index (χ2n) is 7.41. The van der Waals surface area contributed by atoms with Gasteiger partial charge in [0, 0.05) is 23.3 Å². The Bertz CT molecular complexity index is 1520. The number of nitrogens with zero attached hydrogens (tertiary/aromatic N) is 1. The molecule has 0 aliphatic carbocycles. The lowest BCUT2D eigenvalue weighted by molar-refractivity contribution is 0.102. The number of benzene rings is 3. The number of hydrogen-bond donors (Lipinski definition) is 2. The Balaban J connectivity index is 1.44. The number of nitrogens with one attached hydrogen (secondary N) is 2. The number of hydrogen-bond acceptors (Lipinski definition) is 6. The number of fused-ring (bicyclic) bond motifs is 2. The highest BCUT2D eigenvalue weighted by molar-refractivity contribution is 7.93. The van der Waals surface area contributed by atoms with Crippen LogP contribution in [-0.4, -0.2) is 32.5 Å². The molecular formula is C24H18FN3O5S. The van der Waals surface area contributed by atoms with Gasteiger partial charge in [-0.15, -0.1) is 0 Å². The van der Waals surface area contributed by atoms with E-state index in [9.17, 15) is 17.6 Å². The first-order chi connectivity index (χ1) is 16.4. The Morgan fingerprint density at radius 3 is 2.59 bits per heavy atom. The molecule has 34 heavy (non-hydrogen) atoms. The van der Waals surface area contributed by atoms with Gasteiger partial charge in [0.1, 0.15) is 24.5 Å². The van der Waals surface area contributed by atoms with E-state index in [0.29, 0.717) is 30.4 Å². The molecule has 0 bridgehead atoms. The number of anilines is 2. The van der Waals surface area contributed by atoms with E-state index in [2.05, 4.69) is 15.0 Å². The SMILES string of the molecule is O=C(Nc1ccc2c(c1)OCCO2)c1ccccc1NS(=O)(=O)c1ccc(F)c2ncccc12. The maximum atomic E-state index is 14.1. The summed E-state index contributed by atoms with van der Waals surface area (Å²) in [6.45, 7) is 0.855. The van der Waals surface area contributed by atoms with E-state index in [1.807, 2.05) is 0 Å². The van der Waals surface area contributed by atoms with Gasteiger partial charge in [0.05, 0.1) is 16.1 Å². The van der Waals surface area contributed by atoms with Gasteiger partial charge in [-0.1, -0.05) is 12.1 Å². The second kappa shape index (κ2) is 8.64. The zero-order valence-electron chi connectivity index (χ0n) is 17.6. The van der Waals surface area contributed by atoms with E-state index >= 15 is 0 Å². The fourth-order valence-electron chi connectivity index (χ4n) is 3.64. The lowest BCUT2D eigenvalue weighted by Crippen LogP contribution is -2.19. The third-order valence-corrected chi connectivity index (χ3v) is 6.61. The molecule has 0 unspecified atom stereocenters. The van der Waals surface area contributed by atoms with Crippen molar-refractivity contribution in [3.8, 4) is 11.5 Å². The lowest BCUT2D eigenvalue weighted by atomic mass is 10.1. The molecule has 0 fully saturated rings. The minimum Gasteiger partial charge on any atom is -0.486 e. The number of carbonyl (C=O) groups is 1. The van der Waals surface area contributed by atoms with Crippen molar-refractivity contribution < 1.29 is 27.1 Å². The Morgan fingerprint density at radius 1 is 0.941 bits per heavy atom. The van der Waals surface area contributed by atoms with E-state index in [1.54, 1.807) is 30.3 Å². The first kappa shape index (κ1) is 21.7. The summed E-state index contributed by atoms with van der Waals surface area (Å²) in [4.78, 5) is 16.8. The third-order valence-electron chi connectivity index (χ3n) is 5.19. The number of amides is 1. The van der Waals surface area contributed by atoms with Crippen molar-refractivity contribution in [3.63, 3.8) is 0 Å². The van der Waals surface area contributed by atoms with Crippen LogP contribution in [0.1, 0.15) is 10.4 Å². The molecule has 0 radical (unpaired) electrons. The van der Waals surface area contributed by atoms with Gasteiger partial charge in [-0.05, 0) is 48.5 Å². The summed E-state index contributed by atoms with van der Waals surface area (Å²) in [5.41, 5.74) is 0.571. The van der Waals surface area contributed by atoms with Gasteiger partial charge < -0.3 is 14.8 Å². The van der Waals surface area contributed by atoms with Gasteiger partial charge in [-0.3, -0.25) is 14.5 Å². The minimum absolute atomic E-state index is 0.0602. The molecule has 0 spiro atoms. The molecule has 1 aromatic heterocycles. The lowest BCUT2D eigenvalue weighted by Gasteiger charge is -2.19. The van der Waals surface area contributed by atoms with Crippen LogP contribution in [0.4, 0.5) is 15.8 Å². The van der Waals surface area contributed by atoms with Crippen molar-refractivity contribution in [2.45, 2.75) is 4.90 Å². The summed E-state index contributed by atoms with van der Waals surface area (Å²) in [6.07, 6.45) is 1.38. The summed E-state index contributed by atoms with van der Waals surface area (Å²) in [5.74, 6) is -0.0670. The number of sulfonamides is 1. The molecule has 1 aliphatic heterocycles. The van der Waals surface area contributed by atoms with Gasteiger partial charge in [0.2, 0.25) is 0 Å². The van der Waals surface area contributed by atoms with Gasteiger partial charge in [-0.25, -0.2) is 12.8 Å². The highest BCUT2D eigenvalue weighted by atomic mass is 32.2. The summed E-state index contributed by atoms with van der Waals surface area (Å²) in [6, 6.07) is 16.4. The molecule has 0 atom stereocenters. The van der Waals surface area contributed by atoms with Gasteiger partial charge in [-0.2, -0.15) is 0 Å². The number of ether oxygens (including phenoxy) is 2. The van der Waals surface area contributed by atoms with Crippen LogP contribution in [0.5, 0.6) is 11.5 Å². The van der Waals surface area contributed by atoms with E-state index in [4.69, 9.17) is 9.47 Å². The monoisotopic (exact) mass is 479 g/mol. The predicted octanol–water partition coefficient (Wildman–Crippen LogP) is 4.20. The number of aromatic nitrogens is 1. The maximum absolute atomic E-state index is 14.1. The van der Waals surface area contributed by atoms with Gasteiger partial charge >= 0.3 is 0 Å². The van der Waals surface area contributed by atoms with Crippen LogP contribution in [0.25, 0.3) is 10.9 Å². The zero-order valence-corrected chi connectivity index (χ0v) is 18.4. The van der Waals surface area contributed by atoms with Crippen LogP contribution in [0.3, 0.4) is 0 Å². The van der Waals surface area contributed by atoms with Crippen LogP contribution in [0.2, 0.25) is 0 Å². The average molecular weight is 479 g/mol. The number of para-hydroxylation sites is 1. The molecule has 2 N–H and O–H groups in total. The van der Waals surface area contributed by atoms with Crippen molar-refractivity contribution in [2.75, 3.05) is 23.3 Å². The first-order valence-electron chi connectivity index (χ1n) is 10.3. The molecule has 1 aliphatic rings. The number of rotatable bonds is 5. The Hall–Kier alpha value is -4.18. The molecule has 1 amide bonds. The normalized spacial score (nSPS) is 12.9. The molecule has 10 heteroatoms. The Morgan fingerprint density at radius 2 is 1.74 bits per heavy atom. The smallest absolute Gasteiger partial charge is 0.262 e. The molecular weight excluding hydrogens is 461 g/mol. The van der Waals surface area contributed by atoms with Gasteiger partial charge in [0.25, 0.3) is 15.9 Å². The van der Waals surface area contributed by atoms with Crippen molar-refractivity contribution in [1.29, 1.82) is 0 Å². The van der Waals surface area contributed by atoms with E-state index in [0.717, 1.165) is 6.07 Å². The molecule has 5 rings (SSSR count). The van der Waals surface area contributed by atoms with Crippen LogP contribution >= 0.6 is 0 Å². The van der Waals surface area contributed by atoms with Crippen molar-refractivity contribution in [2.24, 2.45) is 0 Å². The predicted molar refractivity (Wildman–Crippen MR) is 124 cm³/mol. The summed E-state index contributed by atoms with van der Waals surface area (Å²) in [7, 11) is -4.17. The fourth-order valence-corrected chi connectivity index (χ4v) is 4.91. The highest BCUT2D eigenvalue weighted by Gasteiger charge is 2.22. The quantitative estimate of drug-likeness (QED) is 0.444. The fraction of sp³-hybridized carbons (Fsp3) is 0.0833. The van der Waals surface area contributed by atoms with Crippen LogP contribution in [0, 0.1) is 5.82 Å². The topological polar surface area (TPSA) is 107 Å². The average Bonchev–Trinajstić information content (AvgIpc) is 2.84. The van der Waals surface area contributed by atoms with Crippen LogP contribution in [-0.2, 0) is 10.0 Å². The van der Waals surface area contributed by atoms with Crippen LogP contribution < -0.4 is 19.5 Å². The van der Waals surface area contributed by atoms with Crippen molar-refractivity contribution >= 4 is 38.2 Å². The number of carbonyl (C=O) groups excluding carboxylic acids is 1. The molecule has 0 saturated carbocycles. The van der Waals surface area contributed by atoms with Crippen molar-refractivity contribution in [1.82, 2.24) is 4.98 Å². The largest absolute Gasteiger partial charge is 0.486 e. The summed E-state index contributed by atoms with van der Waals surface area (Å²) >= 11 is 0. The zero-order chi connectivity index (χ0) is 23.7. The van der Waals surface area contributed by atoms with E-state index in [-0.39, 0.29) is 27.0 Å². The maximum Gasteiger partial charge on any atom is 0.262 e. The second-order valence-corrected chi connectivity index (χ2v) is 9.06. The first-order valence-corrected chi connectivity index (χ1v) is 11.8. The molecule has 3 aromatic carbocycles. The standard InChI is InChI=1S/C24H18FN3O5S/c25-18-8-10-22(17-5-3-11-26-23(17)18)34(30,31)28-19-6-2-1-4-16(19)24(29)27-15-7-9-20-21(14-15)33-13-12-32-20/h1-11,14,28H,12-13H2,(H,27,29). The molecule has 8 nitrogen and oxygen atoms in total. The Labute approximate surface area is 194 Å². The highest BCUT2D eigenvalue weighted by Crippen LogP contribution is 2.33. The summed E-state index contributed by atoms with van der Waals surface area (Å²) in [5, 5.41) is 2.88. The minimum atomic E-state index is -4.17.